The van der Waals surface area contributed by atoms with Gasteiger partial charge in [-0.2, -0.15) is 0 Å². The van der Waals surface area contributed by atoms with Gasteiger partial charge in [-0.05, 0) is 54.6 Å². The number of thiophene rings is 1. The lowest BCUT2D eigenvalue weighted by Crippen LogP contribution is -2.44. The number of fused-ring (bicyclic) bond motifs is 1. The number of ether oxygens (including phenoxy) is 1. The number of nitrogens with zero attached hydrogens (tertiary/aromatic N) is 3. The summed E-state index contributed by atoms with van der Waals surface area (Å²) in [6, 6.07) is 6.58. The highest BCUT2D eigenvalue weighted by molar-refractivity contribution is 7.10. The molecule has 144 valence electrons. The fourth-order valence-corrected chi connectivity index (χ4v) is 4.26. The van der Waals surface area contributed by atoms with Crippen LogP contribution in [0.25, 0.3) is 27.7 Å². The van der Waals surface area contributed by atoms with E-state index in [1.807, 2.05) is 6.07 Å². The summed E-state index contributed by atoms with van der Waals surface area (Å²) < 4.78 is 5.60. The van der Waals surface area contributed by atoms with E-state index in [0.717, 1.165) is 28.8 Å². The summed E-state index contributed by atoms with van der Waals surface area (Å²) in [7, 11) is 0. The van der Waals surface area contributed by atoms with Crippen molar-refractivity contribution >= 4 is 40.0 Å². The van der Waals surface area contributed by atoms with Crippen molar-refractivity contribution in [1.82, 2.24) is 9.97 Å². The van der Waals surface area contributed by atoms with E-state index in [4.69, 9.17) is 20.9 Å². The maximum absolute atomic E-state index is 7.35. The highest BCUT2D eigenvalue weighted by Gasteiger charge is 2.23. The van der Waals surface area contributed by atoms with E-state index in [1.165, 1.54) is 16.7 Å². The molecule has 1 fully saturated rings. The summed E-state index contributed by atoms with van der Waals surface area (Å²) in [4.78, 5) is 13.0. The van der Waals surface area contributed by atoms with Crippen LogP contribution in [0, 0.1) is 12.3 Å². The Balaban J connectivity index is 1.99. The number of hydrogen-bond donors (Lipinski definition) is 2. The normalized spacial score (nSPS) is 17.9. The van der Waals surface area contributed by atoms with Crippen molar-refractivity contribution < 1.29 is 4.74 Å². The van der Waals surface area contributed by atoms with Gasteiger partial charge >= 0.3 is 0 Å². The largest absolute Gasteiger partial charge is 0.397 e. The van der Waals surface area contributed by atoms with Crippen molar-refractivity contribution in [3.8, 4) is 11.1 Å². The molecule has 4 rings (SSSR count). The molecule has 0 bridgehead atoms. The zero-order valence-corrected chi connectivity index (χ0v) is 16.8. The quantitative estimate of drug-likeness (QED) is 0.658. The SMILES string of the molecule is Cc1cc(-c2cc(N3CCOCC3C)nc3c(/C(N)=C/C=N)nccc23)cs1. The zero-order valence-electron chi connectivity index (χ0n) is 16.0. The van der Waals surface area contributed by atoms with Crippen LogP contribution in [0.2, 0.25) is 0 Å². The summed E-state index contributed by atoms with van der Waals surface area (Å²) in [6.07, 6.45) is 4.47. The van der Waals surface area contributed by atoms with E-state index in [0.29, 0.717) is 24.6 Å². The molecule has 1 aliphatic rings. The van der Waals surface area contributed by atoms with Gasteiger partial charge in [0.05, 0.1) is 25.0 Å². The molecule has 0 saturated carbocycles. The molecule has 28 heavy (non-hydrogen) atoms. The van der Waals surface area contributed by atoms with Gasteiger partial charge in [0, 0.05) is 29.2 Å². The highest BCUT2D eigenvalue weighted by atomic mass is 32.1. The molecule has 0 amide bonds. The van der Waals surface area contributed by atoms with Crippen LogP contribution in [0.3, 0.4) is 0 Å². The maximum atomic E-state index is 7.35. The fourth-order valence-electron chi connectivity index (χ4n) is 3.56. The van der Waals surface area contributed by atoms with Gasteiger partial charge in [0.25, 0.3) is 0 Å². The summed E-state index contributed by atoms with van der Waals surface area (Å²) in [5.74, 6) is 0.902. The Morgan fingerprint density at radius 1 is 1.43 bits per heavy atom. The molecule has 3 N–H and O–H groups in total. The number of morpholine rings is 1. The average molecular weight is 394 g/mol. The number of allylic oxidation sites excluding steroid dienone is 1. The fraction of sp³-hybridized carbons (Fsp3) is 0.286. The molecule has 3 aromatic heterocycles. The Bertz CT molecular complexity index is 1060. The van der Waals surface area contributed by atoms with E-state index >= 15 is 0 Å². The van der Waals surface area contributed by atoms with Crippen molar-refractivity contribution in [3.05, 3.63) is 46.4 Å². The summed E-state index contributed by atoms with van der Waals surface area (Å²) in [5.41, 5.74) is 10.3. The molecule has 7 heteroatoms. The van der Waals surface area contributed by atoms with Gasteiger partial charge in [-0.15, -0.1) is 11.3 Å². The van der Waals surface area contributed by atoms with Crippen LogP contribution in [-0.2, 0) is 4.74 Å². The van der Waals surface area contributed by atoms with E-state index < -0.39 is 0 Å². The molecule has 0 spiro atoms. The number of rotatable bonds is 4. The highest BCUT2D eigenvalue weighted by Crippen LogP contribution is 2.36. The lowest BCUT2D eigenvalue weighted by Gasteiger charge is -2.34. The second kappa shape index (κ2) is 7.69. The monoisotopic (exact) mass is 393 g/mol. The molecule has 0 aromatic carbocycles. The van der Waals surface area contributed by atoms with E-state index in [1.54, 1.807) is 23.6 Å². The maximum Gasteiger partial charge on any atom is 0.130 e. The molecule has 1 unspecified atom stereocenters. The third-order valence-corrected chi connectivity index (χ3v) is 5.82. The van der Waals surface area contributed by atoms with Gasteiger partial charge in [0.2, 0.25) is 0 Å². The van der Waals surface area contributed by atoms with E-state index in [2.05, 4.69) is 41.2 Å². The second-order valence-electron chi connectivity index (χ2n) is 6.94. The van der Waals surface area contributed by atoms with Gasteiger partial charge in [0.1, 0.15) is 17.0 Å². The third kappa shape index (κ3) is 3.39. The first-order chi connectivity index (χ1) is 13.6. The van der Waals surface area contributed by atoms with E-state index in [9.17, 15) is 0 Å². The van der Waals surface area contributed by atoms with Gasteiger partial charge in [0.15, 0.2) is 0 Å². The van der Waals surface area contributed by atoms with Crippen molar-refractivity contribution in [2.75, 3.05) is 24.7 Å². The Morgan fingerprint density at radius 2 is 2.29 bits per heavy atom. The molecule has 6 nitrogen and oxygen atoms in total. The molecular formula is C21H23N5OS. The minimum absolute atomic E-state index is 0.241. The predicted octanol–water partition coefficient (Wildman–Crippen LogP) is 3.84. The van der Waals surface area contributed by atoms with Crippen LogP contribution in [-0.4, -0.2) is 42.0 Å². The Kier molecular flexibility index (Phi) is 5.11. The smallest absolute Gasteiger partial charge is 0.130 e. The first kappa shape index (κ1) is 18.6. The number of hydrogen-bond acceptors (Lipinski definition) is 7. The first-order valence-electron chi connectivity index (χ1n) is 9.24. The van der Waals surface area contributed by atoms with Crippen LogP contribution in [0.1, 0.15) is 17.5 Å². The number of nitrogens with two attached hydrogens (primary N) is 1. The molecule has 3 aromatic rings. The van der Waals surface area contributed by atoms with Crippen molar-refractivity contribution in [2.24, 2.45) is 5.73 Å². The standard InChI is InChI=1S/C21H23N5OS/c1-13-11-27-8-7-26(13)19-10-17(15-9-14(2)28-12-15)16-4-6-24-21(20(16)25-19)18(23)3-5-22/h3-6,9-10,12-13,22H,7-8,11,23H2,1-2H3/b18-3-,22-5?. The molecule has 1 atom stereocenters. The molecule has 1 saturated heterocycles. The lowest BCUT2D eigenvalue weighted by molar-refractivity contribution is 0.0986. The number of pyridine rings is 2. The third-order valence-electron chi connectivity index (χ3n) is 4.95. The van der Waals surface area contributed by atoms with Crippen LogP contribution >= 0.6 is 11.3 Å². The Labute approximate surface area is 168 Å². The molecule has 0 aliphatic carbocycles. The summed E-state index contributed by atoms with van der Waals surface area (Å²) in [6.45, 7) is 6.42. The van der Waals surface area contributed by atoms with Gasteiger partial charge in [-0.1, -0.05) is 0 Å². The van der Waals surface area contributed by atoms with Gasteiger partial charge < -0.3 is 20.8 Å². The van der Waals surface area contributed by atoms with Crippen molar-refractivity contribution in [3.63, 3.8) is 0 Å². The number of aryl methyl sites for hydroxylation is 1. The van der Waals surface area contributed by atoms with Gasteiger partial charge in [-0.3, -0.25) is 4.98 Å². The van der Waals surface area contributed by atoms with Crippen LogP contribution in [0.15, 0.2) is 35.9 Å². The minimum atomic E-state index is 0.241. The molecule has 0 radical (unpaired) electrons. The second-order valence-corrected chi connectivity index (χ2v) is 8.05. The van der Waals surface area contributed by atoms with Gasteiger partial charge in [-0.25, -0.2) is 4.98 Å². The number of nitrogens with one attached hydrogen (secondary N) is 1. The Morgan fingerprint density at radius 3 is 3.00 bits per heavy atom. The molecular weight excluding hydrogens is 370 g/mol. The molecule has 1 aliphatic heterocycles. The first-order valence-corrected chi connectivity index (χ1v) is 10.1. The summed E-state index contributed by atoms with van der Waals surface area (Å²) in [5, 5.41) is 10.5. The average Bonchev–Trinajstić information content (AvgIpc) is 3.13. The van der Waals surface area contributed by atoms with Crippen LogP contribution < -0.4 is 10.6 Å². The van der Waals surface area contributed by atoms with Crippen molar-refractivity contribution in [2.45, 2.75) is 19.9 Å². The van der Waals surface area contributed by atoms with E-state index in [-0.39, 0.29) is 6.04 Å². The Hall–Kier alpha value is -2.77. The minimum Gasteiger partial charge on any atom is -0.397 e. The predicted molar refractivity (Wildman–Crippen MR) is 116 cm³/mol. The molecule has 4 heterocycles. The number of aromatic nitrogens is 2. The van der Waals surface area contributed by atoms with Crippen LogP contribution in [0.4, 0.5) is 5.82 Å². The number of anilines is 1. The van der Waals surface area contributed by atoms with Crippen molar-refractivity contribution in [1.29, 1.82) is 5.41 Å². The van der Waals surface area contributed by atoms with Crippen LogP contribution in [0.5, 0.6) is 0 Å². The topological polar surface area (TPSA) is 88.1 Å². The summed E-state index contributed by atoms with van der Waals surface area (Å²) >= 11 is 1.73. The lowest BCUT2D eigenvalue weighted by atomic mass is 10.0. The zero-order chi connectivity index (χ0) is 19.7.